The second-order valence-electron chi connectivity index (χ2n) is 3.62. The first-order valence-corrected chi connectivity index (χ1v) is 4.88. The molecule has 0 saturated heterocycles. The fraction of sp³-hybridized carbons (Fsp3) is 0.182. The fourth-order valence-corrected chi connectivity index (χ4v) is 1.53. The van der Waals surface area contributed by atoms with Crippen LogP contribution in [0.15, 0.2) is 36.5 Å². The molecule has 0 atom stereocenters. The molecule has 16 heavy (non-hydrogen) atoms. The molecule has 2 aromatic rings. The maximum absolute atomic E-state index is 10.5. The number of benzene rings is 1. The summed E-state index contributed by atoms with van der Waals surface area (Å²) in [5.74, 6) is -0.118. The van der Waals surface area contributed by atoms with E-state index in [1.807, 2.05) is 31.2 Å². The van der Waals surface area contributed by atoms with Gasteiger partial charge in [-0.15, -0.1) is 0 Å². The maximum atomic E-state index is 10.5. The summed E-state index contributed by atoms with van der Waals surface area (Å²) in [5, 5.41) is 14.3. The van der Waals surface area contributed by atoms with Crippen molar-refractivity contribution in [1.29, 1.82) is 0 Å². The Bertz CT molecular complexity index is 519. The zero-order valence-electron chi connectivity index (χ0n) is 8.83. The Morgan fingerprint density at radius 1 is 1.44 bits per heavy atom. The molecule has 1 heterocycles. The molecule has 0 spiro atoms. The Morgan fingerprint density at radius 2 is 2.25 bits per heavy atom. The van der Waals surface area contributed by atoms with Gasteiger partial charge in [0.25, 0.3) is 0 Å². The highest BCUT2D eigenvalue weighted by Crippen LogP contribution is 2.09. The summed E-state index contributed by atoms with van der Waals surface area (Å²) < 4.78 is 1.56. The molecule has 0 radical (unpaired) electrons. The van der Waals surface area contributed by atoms with Crippen molar-refractivity contribution in [3.05, 3.63) is 57.8 Å². The molecule has 0 aliphatic heterocycles. The largest absolute Gasteiger partial charge is 0.389 e. The van der Waals surface area contributed by atoms with Crippen LogP contribution in [0.3, 0.4) is 0 Å². The van der Waals surface area contributed by atoms with Crippen molar-refractivity contribution < 1.29 is 4.92 Å². The molecule has 0 saturated carbocycles. The van der Waals surface area contributed by atoms with Gasteiger partial charge >= 0.3 is 5.82 Å². The van der Waals surface area contributed by atoms with Gasteiger partial charge in [-0.25, -0.2) is 0 Å². The average molecular weight is 217 g/mol. The first-order chi connectivity index (χ1) is 7.65. The molecule has 2 rings (SSSR count). The zero-order chi connectivity index (χ0) is 11.5. The van der Waals surface area contributed by atoms with Crippen LogP contribution < -0.4 is 0 Å². The summed E-state index contributed by atoms with van der Waals surface area (Å²) in [6, 6.07) is 9.38. The van der Waals surface area contributed by atoms with Gasteiger partial charge in [0.2, 0.25) is 0 Å². The molecule has 1 aromatic heterocycles. The van der Waals surface area contributed by atoms with Crippen LogP contribution in [0.2, 0.25) is 0 Å². The standard InChI is InChI=1S/C11H11N3O2/c1-9-3-2-4-10(7-9)8-13-6-5-11(12-13)14(15)16/h2-7H,8H2,1H3. The van der Waals surface area contributed by atoms with E-state index in [0.717, 1.165) is 5.56 Å². The molecule has 0 N–H and O–H groups in total. The van der Waals surface area contributed by atoms with Crippen LogP contribution >= 0.6 is 0 Å². The highest BCUT2D eigenvalue weighted by Gasteiger charge is 2.10. The van der Waals surface area contributed by atoms with Crippen LogP contribution in [0, 0.1) is 17.0 Å². The van der Waals surface area contributed by atoms with Gasteiger partial charge in [-0.2, -0.15) is 4.68 Å². The lowest BCUT2D eigenvalue weighted by Gasteiger charge is -1.99. The highest BCUT2D eigenvalue weighted by atomic mass is 16.6. The molecule has 0 bridgehead atoms. The van der Waals surface area contributed by atoms with E-state index in [1.54, 1.807) is 10.9 Å². The minimum Gasteiger partial charge on any atom is -0.358 e. The van der Waals surface area contributed by atoms with Crippen molar-refractivity contribution in [2.45, 2.75) is 13.5 Å². The molecule has 82 valence electrons. The first-order valence-electron chi connectivity index (χ1n) is 4.88. The second-order valence-corrected chi connectivity index (χ2v) is 3.62. The monoisotopic (exact) mass is 217 g/mol. The van der Waals surface area contributed by atoms with E-state index >= 15 is 0 Å². The number of aryl methyl sites for hydroxylation is 1. The summed E-state index contributed by atoms with van der Waals surface area (Å²) in [6.07, 6.45) is 1.61. The van der Waals surface area contributed by atoms with Crippen LogP contribution in [0.4, 0.5) is 5.82 Å². The molecule has 0 aliphatic rings. The molecular formula is C11H11N3O2. The summed E-state index contributed by atoms with van der Waals surface area (Å²) >= 11 is 0. The van der Waals surface area contributed by atoms with Gasteiger partial charge in [0.1, 0.15) is 0 Å². The predicted octanol–water partition coefficient (Wildman–Crippen LogP) is 2.15. The van der Waals surface area contributed by atoms with Crippen molar-refractivity contribution >= 4 is 5.82 Å². The second kappa shape index (κ2) is 4.14. The normalized spacial score (nSPS) is 10.3. The number of rotatable bonds is 3. The Kier molecular flexibility index (Phi) is 2.68. The molecule has 0 aliphatic carbocycles. The van der Waals surface area contributed by atoms with Gasteiger partial charge in [-0.3, -0.25) is 0 Å². The highest BCUT2D eigenvalue weighted by molar-refractivity contribution is 5.23. The van der Waals surface area contributed by atoms with Crippen molar-refractivity contribution in [1.82, 2.24) is 9.78 Å². The summed E-state index contributed by atoms with van der Waals surface area (Å²) in [6.45, 7) is 2.56. The molecule has 0 fully saturated rings. The third kappa shape index (κ3) is 2.25. The maximum Gasteiger partial charge on any atom is 0.389 e. The third-order valence-corrected chi connectivity index (χ3v) is 2.24. The summed E-state index contributed by atoms with van der Waals surface area (Å²) in [4.78, 5) is 9.96. The van der Waals surface area contributed by atoms with Crippen LogP contribution in [-0.4, -0.2) is 14.7 Å². The number of nitrogens with zero attached hydrogens (tertiary/aromatic N) is 3. The fourth-order valence-electron chi connectivity index (χ4n) is 1.53. The van der Waals surface area contributed by atoms with Crippen molar-refractivity contribution in [2.75, 3.05) is 0 Å². The van der Waals surface area contributed by atoms with E-state index < -0.39 is 4.92 Å². The minimum absolute atomic E-state index is 0.118. The van der Waals surface area contributed by atoms with E-state index in [-0.39, 0.29) is 5.82 Å². The Hall–Kier alpha value is -2.17. The SMILES string of the molecule is Cc1cccc(Cn2ccc([N+](=O)[O-])n2)c1. The van der Waals surface area contributed by atoms with Crippen LogP contribution in [0.1, 0.15) is 11.1 Å². The zero-order valence-corrected chi connectivity index (χ0v) is 8.83. The van der Waals surface area contributed by atoms with Crippen LogP contribution in [-0.2, 0) is 6.54 Å². The number of hydrogen-bond acceptors (Lipinski definition) is 3. The van der Waals surface area contributed by atoms with Crippen molar-refractivity contribution in [2.24, 2.45) is 0 Å². The number of hydrogen-bond donors (Lipinski definition) is 0. The topological polar surface area (TPSA) is 61.0 Å². The Morgan fingerprint density at radius 3 is 2.88 bits per heavy atom. The van der Waals surface area contributed by atoms with E-state index in [9.17, 15) is 10.1 Å². The molecule has 1 aromatic carbocycles. The minimum atomic E-state index is -0.493. The van der Waals surface area contributed by atoms with E-state index in [2.05, 4.69) is 5.10 Å². The predicted molar refractivity (Wildman–Crippen MR) is 59.2 cm³/mol. The number of aromatic nitrogens is 2. The van der Waals surface area contributed by atoms with Gasteiger partial charge in [0.05, 0.1) is 23.9 Å². The quantitative estimate of drug-likeness (QED) is 0.584. The third-order valence-electron chi connectivity index (χ3n) is 2.24. The lowest BCUT2D eigenvalue weighted by atomic mass is 10.1. The lowest BCUT2D eigenvalue weighted by Crippen LogP contribution is -2.01. The van der Waals surface area contributed by atoms with E-state index in [4.69, 9.17) is 0 Å². The van der Waals surface area contributed by atoms with Gasteiger partial charge < -0.3 is 10.1 Å². The lowest BCUT2D eigenvalue weighted by molar-refractivity contribution is -0.389. The molecule has 0 amide bonds. The van der Waals surface area contributed by atoms with Gasteiger partial charge in [0.15, 0.2) is 0 Å². The Balaban J connectivity index is 2.17. The van der Waals surface area contributed by atoms with Gasteiger partial charge in [0, 0.05) is 0 Å². The van der Waals surface area contributed by atoms with Crippen molar-refractivity contribution in [3.63, 3.8) is 0 Å². The van der Waals surface area contributed by atoms with Crippen molar-refractivity contribution in [3.8, 4) is 0 Å². The Labute approximate surface area is 92.5 Å². The van der Waals surface area contributed by atoms with Gasteiger partial charge in [-0.1, -0.05) is 29.8 Å². The average Bonchev–Trinajstić information content (AvgIpc) is 2.66. The van der Waals surface area contributed by atoms with E-state index in [1.165, 1.54) is 11.6 Å². The van der Waals surface area contributed by atoms with Gasteiger partial charge in [-0.05, 0) is 17.4 Å². The molecule has 5 nitrogen and oxygen atoms in total. The van der Waals surface area contributed by atoms with Crippen LogP contribution in [0.25, 0.3) is 0 Å². The molecular weight excluding hydrogens is 206 g/mol. The summed E-state index contributed by atoms with van der Waals surface area (Å²) in [5.41, 5.74) is 2.25. The van der Waals surface area contributed by atoms with E-state index in [0.29, 0.717) is 6.54 Å². The smallest absolute Gasteiger partial charge is 0.358 e. The molecule has 0 unspecified atom stereocenters. The summed E-state index contributed by atoms with van der Waals surface area (Å²) in [7, 11) is 0. The first kappa shape index (κ1) is 10.4. The van der Waals surface area contributed by atoms with Crippen LogP contribution in [0.5, 0.6) is 0 Å². The number of nitro groups is 1. The molecule has 5 heteroatoms.